The topological polar surface area (TPSA) is 35.5 Å². The van der Waals surface area contributed by atoms with Crippen LogP contribution < -0.4 is 0 Å². The first-order chi connectivity index (χ1) is 6.27. The van der Waals surface area contributed by atoms with E-state index in [1.807, 2.05) is 0 Å². The maximum absolute atomic E-state index is 11.2. The molecule has 2 aliphatic heterocycles. The van der Waals surface area contributed by atoms with Gasteiger partial charge in [-0.2, -0.15) is 0 Å². The molecule has 0 saturated carbocycles. The minimum Gasteiger partial charge on any atom is -0.460 e. The minimum atomic E-state index is -0.0511. The van der Waals surface area contributed by atoms with E-state index in [1.54, 1.807) is 0 Å². The van der Waals surface area contributed by atoms with Crippen LogP contribution in [0.1, 0.15) is 32.6 Å². The van der Waals surface area contributed by atoms with Crippen LogP contribution >= 0.6 is 0 Å². The second kappa shape index (κ2) is 3.66. The molecule has 2 rings (SSSR count). The number of rotatable bonds is 0. The van der Waals surface area contributed by atoms with Gasteiger partial charge in [-0.3, -0.25) is 4.79 Å². The molecular weight excluding hydrogens is 168 g/mol. The van der Waals surface area contributed by atoms with Gasteiger partial charge >= 0.3 is 5.97 Å². The number of carbonyl (C=O) groups excluding carboxylic acids is 1. The molecule has 2 fully saturated rings. The molecule has 2 aliphatic rings. The molecule has 3 nitrogen and oxygen atoms in total. The van der Waals surface area contributed by atoms with Gasteiger partial charge in [-0.1, -0.05) is 6.92 Å². The van der Waals surface area contributed by atoms with Gasteiger partial charge in [0.1, 0.15) is 6.10 Å². The minimum absolute atomic E-state index is 0.0266. The fraction of sp³-hybridized carbons (Fsp3) is 0.900. The largest absolute Gasteiger partial charge is 0.460 e. The molecular formula is C10H16O3. The molecule has 0 radical (unpaired) electrons. The third-order valence-corrected chi connectivity index (χ3v) is 2.96. The number of ether oxygens (including phenoxy) is 2. The molecule has 0 aromatic heterocycles. The molecule has 0 aromatic rings. The van der Waals surface area contributed by atoms with E-state index in [0.717, 1.165) is 25.9 Å². The molecule has 0 aliphatic carbocycles. The fourth-order valence-electron chi connectivity index (χ4n) is 2.17. The van der Waals surface area contributed by atoms with Crippen LogP contribution in [0.5, 0.6) is 0 Å². The van der Waals surface area contributed by atoms with Gasteiger partial charge in [-0.05, 0) is 25.2 Å². The zero-order chi connectivity index (χ0) is 9.26. The summed E-state index contributed by atoms with van der Waals surface area (Å²) in [7, 11) is 0. The summed E-state index contributed by atoms with van der Waals surface area (Å²) in [4.78, 5) is 11.2. The van der Waals surface area contributed by atoms with Gasteiger partial charge in [-0.25, -0.2) is 0 Å². The molecule has 2 saturated heterocycles. The van der Waals surface area contributed by atoms with Crippen LogP contribution in [0.15, 0.2) is 0 Å². The van der Waals surface area contributed by atoms with Crippen LogP contribution in [0.3, 0.4) is 0 Å². The quantitative estimate of drug-likeness (QED) is 0.535. The molecule has 0 bridgehead atoms. The Balaban J connectivity index is 2.08. The van der Waals surface area contributed by atoms with Gasteiger partial charge in [0, 0.05) is 13.0 Å². The fourth-order valence-corrected chi connectivity index (χ4v) is 2.17. The molecule has 0 spiro atoms. The highest BCUT2D eigenvalue weighted by molar-refractivity contribution is 5.69. The number of hydrogen-bond acceptors (Lipinski definition) is 3. The number of hydrogen-bond donors (Lipinski definition) is 0. The summed E-state index contributed by atoms with van der Waals surface area (Å²) < 4.78 is 11.0. The molecule has 74 valence electrons. The maximum Gasteiger partial charge on any atom is 0.306 e. The van der Waals surface area contributed by atoms with Gasteiger partial charge in [-0.15, -0.1) is 0 Å². The summed E-state index contributed by atoms with van der Waals surface area (Å²) >= 11 is 0. The van der Waals surface area contributed by atoms with E-state index in [2.05, 4.69) is 6.92 Å². The van der Waals surface area contributed by atoms with Crippen molar-refractivity contribution in [2.24, 2.45) is 5.92 Å². The van der Waals surface area contributed by atoms with E-state index in [1.165, 1.54) is 0 Å². The van der Waals surface area contributed by atoms with Gasteiger partial charge in [0.05, 0.1) is 6.10 Å². The first kappa shape index (κ1) is 9.00. The Bertz CT molecular complexity index is 202. The summed E-state index contributed by atoms with van der Waals surface area (Å²) in [5.41, 5.74) is 0. The Kier molecular flexibility index (Phi) is 2.54. The summed E-state index contributed by atoms with van der Waals surface area (Å²) in [6.07, 6.45) is 3.62. The van der Waals surface area contributed by atoms with Crippen molar-refractivity contribution < 1.29 is 14.3 Å². The van der Waals surface area contributed by atoms with Gasteiger partial charge in [0.25, 0.3) is 0 Å². The Labute approximate surface area is 78.4 Å². The maximum atomic E-state index is 11.2. The van der Waals surface area contributed by atoms with Crippen molar-refractivity contribution in [1.29, 1.82) is 0 Å². The first-order valence-electron chi connectivity index (χ1n) is 5.08. The summed E-state index contributed by atoms with van der Waals surface area (Å²) in [5, 5.41) is 0. The molecule has 3 atom stereocenters. The van der Waals surface area contributed by atoms with Gasteiger partial charge in [0.15, 0.2) is 0 Å². The second-order valence-corrected chi connectivity index (χ2v) is 4.02. The predicted molar refractivity (Wildman–Crippen MR) is 47.3 cm³/mol. The van der Waals surface area contributed by atoms with Crippen molar-refractivity contribution in [3.8, 4) is 0 Å². The van der Waals surface area contributed by atoms with Crippen LogP contribution in [0.2, 0.25) is 0 Å². The number of carbonyl (C=O) groups is 1. The highest BCUT2D eigenvalue weighted by Crippen LogP contribution is 2.29. The van der Waals surface area contributed by atoms with Crippen LogP contribution in [0, 0.1) is 5.92 Å². The van der Waals surface area contributed by atoms with E-state index in [4.69, 9.17) is 9.47 Å². The van der Waals surface area contributed by atoms with Crippen molar-refractivity contribution in [3.63, 3.8) is 0 Å². The lowest BCUT2D eigenvalue weighted by atomic mass is 9.92. The molecule has 0 amide bonds. The van der Waals surface area contributed by atoms with Crippen LogP contribution in [-0.2, 0) is 14.3 Å². The standard InChI is InChI=1S/C10H16O3/c1-7-4-5-9(11)13-8-3-2-6-12-10(7)8/h7-8,10H,2-6H2,1H3/t7-,8+,10-/m1/s1. The lowest BCUT2D eigenvalue weighted by Gasteiger charge is -2.32. The van der Waals surface area contributed by atoms with E-state index < -0.39 is 0 Å². The zero-order valence-corrected chi connectivity index (χ0v) is 7.99. The van der Waals surface area contributed by atoms with E-state index in [9.17, 15) is 4.79 Å². The Hall–Kier alpha value is -0.570. The SMILES string of the molecule is C[C@@H]1CCC(=O)O[C@H]2CCCO[C@H]12. The van der Waals surface area contributed by atoms with Crippen molar-refractivity contribution >= 4 is 5.97 Å². The molecule has 13 heavy (non-hydrogen) atoms. The summed E-state index contributed by atoms with van der Waals surface area (Å²) in [6, 6.07) is 0. The monoisotopic (exact) mass is 184 g/mol. The Morgan fingerprint density at radius 1 is 1.38 bits per heavy atom. The van der Waals surface area contributed by atoms with Crippen LogP contribution in [0.4, 0.5) is 0 Å². The Morgan fingerprint density at radius 2 is 2.23 bits per heavy atom. The van der Waals surface area contributed by atoms with Gasteiger partial charge < -0.3 is 9.47 Å². The molecule has 0 aromatic carbocycles. The molecule has 2 heterocycles. The zero-order valence-electron chi connectivity index (χ0n) is 7.99. The normalized spacial score (nSPS) is 40.4. The molecule has 0 N–H and O–H groups in total. The van der Waals surface area contributed by atoms with Crippen molar-refractivity contribution in [1.82, 2.24) is 0 Å². The van der Waals surface area contributed by atoms with Crippen molar-refractivity contribution in [2.75, 3.05) is 6.61 Å². The third-order valence-electron chi connectivity index (χ3n) is 2.96. The average Bonchev–Trinajstić information content (AvgIpc) is 2.27. The summed E-state index contributed by atoms with van der Waals surface area (Å²) in [6.45, 7) is 2.97. The third kappa shape index (κ3) is 1.85. The molecule has 0 unspecified atom stereocenters. The highest BCUT2D eigenvalue weighted by atomic mass is 16.6. The van der Waals surface area contributed by atoms with Crippen LogP contribution in [-0.4, -0.2) is 24.8 Å². The molecule has 3 heteroatoms. The second-order valence-electron chi connectivity index (χ2n) is 4.02. The van der Waals surface area contributed by atoms with Crippen molar-refractivity contribution in [2.45, 2.75) is 44.8 Å². The first-order valence-corrected chi connectivity index (χ1v) is 5.08. The van der Waals surface area contributed by atoms with E-state index in [-0.39, 0.29) is 18.2 Å². The number of fused-ring (bicyclic) bond motifs is 1. The summed E-state index contributed by atoms with van der Waals surface area (Å²) in [5.74, 6) is 0.404. The van der Waals surface area contributed by atoms with E-state index >= 15 is 0 Å². The Morgan fingerprint density at radius 3 is 3.08 bits per heavy atom. The highest BCUT2D eigenvalue weighted by Gasteiger charge is 2.35. The lowest BCUT2D eigenvalue weighted by molar-refractivity contribution is -0.161. The lowest BCUT2D eigenvalue weighted by Crippen LogP contribution is -2.39. The predicted octanol–water partition coefficient (Wildman–Crippen LogP) is 1.51. The van der Waals surface area contributed by atoms with Gasteiger partial charge in [0.2, 0.25) is 0 Å². The number of esters is 1. The van der Waals surface area contributed by atoms with E-state index in [0.29, 0.717) is 12.3 Å². The smallest absolute Gasteiger partial charge is 0.306 e. The average molecular weight is 184 g/mol. The van der Waals surface area contributed by atoms with Crippen molar-refractivity contribution in [3.05, 3.63) is 0 Å². The van der Waals surface area contributed by atoms with Crippen LogP contribution in [0.25, 0.3) is 0 Å².